The molecular weight excluding hydrogens is 236 g/mol. The molecule has 1 aromatic heterocycles. The highest BCUT2D eigenvalue weighted by molar-refractivity contribution is 5.73. The van der Waals surface area contributed by atoms with Gasteiger partial charge in [0.05, 0.1) is 5.52 Å². The van der Waals surface area contributed by atoms with Crippen molar-refractivity contribution in [1.82, 2.24) is 15.2 Å². The third-order valence-corrected chi connectivity index (χ3v) is 3.91. The smallest absolute Gasteiger partial charge is 0.243 e. The number of benzene rings is 1. The van der Waals surface area contributed by atoms with E-state index in [-0.39, 0.29) is 0 Å². The molecule has 0 spiro atoms. The number of fused-ring (bicyclic) bond motifs is 1. The van der Waals surface area contributed by atoms with Gasteiger partial charge in [-0.3, -0.25) is 0 Å². The Hall–Kier alpha value is -1.71. The van der Waals surface area contributed by atoms with Gasteiger partial charge in [-0.05, 0) is 30.9 Å². The lowest BCUT2D eigenvalue weighted by molar-refractivity contribution is 0.491. The van der Waals surface area contributed by atoms with Gasteiger partial charge in [0.2, 0.25) is 5.95 Å². The number of para-hydroxylation sites is 1. The molecule has 4 heteroatoms. The average molecular weight is 256 g/mol. The number of nitrogens with zero attached hydrogens (tertiary/aromatic N) is 3. The van der Waals surface area contributed by atoms with Crippen molar-refractivity contribution in [3.63, 3.8) is 0 Å². The first-order chi connectivity index (χ1) is 9.42. The van der Waals surface area contributed by atoms with Crippen LogP contribution in [-0.4, -0.2) is 21.7 Å². The molecule has 0 radical (unpaired) electrons. The number of nitrogens with one attached hydrogen (secondary N) is 1. The van der Waals surface area contributed by atoms with E-state index < -0.39 is 0 Å². The van der Waals surface area contributed by atoms with Crippen LogP contribution in [0.25, 0.3) is 11.0 Å². The largest absolute Gasteiger partial charge is 0.353 e. The Morgan fingerprint density at radius 1 is 1.05 bits per heavy atom. The van der Waals surface area contributed by atoms with E-state index in [1.807, 2.05) is 24.3 Å². The van der Waals surface area contributed by atoms with Crippen molar-refractivity contribution in [3.8, 4) is 0 Å². The summed E-state index contributed by atoms with van der Waals surface area (Å²) < 4.78 is 0. The molecule has 0 atom stereocenters. The quantitative estimate of drug-likeness (QED) is 0.833. The summed E-state index contributed by atoms with van der Waals surface area (Å²) in [6.45, 7) is 0.941. The highest BCUT2D eigenvalue weighted by Crippen LogP contribution is 2.28. The maximum Gasteiger partial charge on any atom is 0.243 e. The van der Waals surface area contributed by atoms with E-state index in [0.717, 1.165) is 23.5 Å². The number of hydrogen-bond acceptors (Lipinski definition) is 4. The van der Waals surface area contributed by atoms with Gasteiger partial charge in [0.25, 0.3) is 0 Å². The molecule has 1 N–H and O–H groups in total. The van der Waals surface area contributed by atoms with Gasteiger partial charge in [-0.25, -0.2) is 4.98 Å². The normalized spacial score (nSPS) is 16.0. The van der Waals surface area contributed by atoms with Gasteiger partial charge in [-0.2, -0.15) is 0 Å². The van der Waals surface area contributed by atoms with E-state index in [9.17, 15) is 0 Å². The van der Waals surface area contributed by atoms with Crippen LogP contribution in [0.4, 0.5) is 5.95 Å². The summed E-state index contributed by atoms with van der Waals surface area (Å²) in [5, 5.41) is 11.5. The van der Waals surface area contributed by atoms with Crippen LogP contribution in [-0.2, 0) is 0 Å². The van der Waals surface area contributed by atoms with Crippen molar-refractivity contribution < 1.29 is 0 Å². The van der Waals surface area contributed by atoms with Crippen LogP contribution in [0.15, 0.2) is 24.3 Å². The standard InChI is InChI=1S/C15H20N4/c1-2-7-12(6-1)8-5-11-16-15-17-13-9-3-4-10-14(13)18-19-15/h3-4,9-10,12H,1-2,5-8,11H2,(H,16,17,19). The molecule has 0 unspecified atom stereocenters. The molecule has 3 rings (SSSR count). The van der Waals surface area contributed by atoms with Crippen LogP contribution in [0.2, 0.25) is 0 Å². The van der Waals surface area contributed by atoms with Crippen LogP contribution < -0.4 is 5.32 Å². The van der Waals surface area contributed by atoms with Gasteiger partial charge in [0.1, 0.15) is 5.52 Å². The second-order valence-corrected chi connectivity index (χ2v) is 5.34. The number of aromatic nitrogens is 3. The third kappa shape index (κ3) is 3.19. The van der Waals surface area contributed by atoms with Crippen molar-refractivity contribution in [2.45, 2.75) is 38.5 Å². The van der Waals surface area contributed by atoms with Crippen LogP contribution in [0.5, 0.6) is 0 Å². The lowest BCUT2D eigenvalue weighted by Crippen LogP contribution is -2.08. The van der Waals surface area contributed by atoms with Crippen LogP contribution in [0.3, 0.4) is 0 Å². The molecule has 1 saturated carbocycles. The second kappa shape index (κ2) is 5.95. The van der Waals surface area contributed by atoms with Crippen molar-refractivity contribution in [1.29, 1.82) is 0 Å². The fourth-order valence-corrected chi connectivity index (χ4v) is 2.85. The first kappa shape index (κ1) is 12.3. The predicted octanol–water partition coefficient (Wildman–Crippen LogP) is 3.41. The third-order valence-electron chi connectivity index (χ3n) is 3.91. The van der Waals surface area contributed by atoms with E-state index in [0.29, 0.717) is 5.95 Å². The topological polar surface area (TPSA) is 50.7 Å². The highest BCUT2D eigenvalue weighted by Gasteiger charge is 2.13. The van der Waals surface area contributed by atoms with E-state index in [1.54, 1.807) is 0 Å². The second-order valence-electron chi connectivity index (χ2n) is 5.34. The molecule has 0 bridgehead atoms. The van der Waals surface area contributed by atoms with Gasteiger partial charge < -0.3 is 5.32 Å². The summed E-state index contributed by atoms with van der Waals surface area (Å²) in [5.41, 5.74) is 1.75. The molecule has 2 aromatic rings. The Kier molecular flexibility index (Phi) is 3.86. The molecule has 1 heterocycles. The maximum absolute atomic E-state index is 4.46. The van der Waals surface area contributed by atoms with Crippen molar-refractivity contribution in [2.75, 3.05) is 11.9 Å². The summed E-state index contributed by atoms with van der Waals surface area (Å²) in [7, 11) is 0. The summed E-state index contributed by atoms with van der Waals surface area (Å²) >= 11 is 0. The molecule has 4 nitrogen and oxygen atoms in total. The minimum absolute atomic E-state index is 0.644. The molecule has 0 saturated heterocycles. The van der Waals surface area contributed by atoms with Gasteiger partial charge in [0, 0.05) is 6.54 Å². The van der Waals surface area contributed by atoms with E-state index in [2.05, 4.69) is 20.5 Å². The van der Waals surface area contributed by atoms with Gasteiger partial charge >= 0.3 is 0 Å². The fourth-order valence-electron chi connectivity index (χ4n) is 2.85. The number of anilines is 1. The predicted molar refractivity (Wildman–Crippen MR) is 77.0 cm³/mol. The minimum atomic E-state index is 0.644. The molecule has 0 amide bonds. The Labute approximate surface area is 113 Å². The zero-order valence-electron chi connectivity index (χ0n) is 11.2. The molecule has 0 aliphatic heterocycles. The number of rotatable bonds is 5. The molecule has 1 aromatic carbocycles. The SMILES string of the molecule is c1ccc2nc(NCCCC3CCCC3)nnc2c1. The average Bonchev–Trinajstić information content (AvgIpc) is 2.97. The molecule has 100 valence electrons. The van der Waals surface area contributed by atoms with Crippen molar-refractivity contribution in [3.05, 3.63) is 24.3 Å². The Bertz CT molecular complexity index is 534. The molecule has 1 fully saturated rings. The van der Waals surface area contributed by atoms with Crippen LogP contribution in [0, 0.1) is 5.92 Å². The molecule has 1 aliphatic carbocycles. The first-order valence-corrected chi connectivity index (χ1v) is 7.25. The summed E-state index contributed by atoms with van der Waals surface area (Å²) in [4.78, 5) is 4.46. The van der Waals surface area contributed by atoms with Crippen molar-refractivity contribution >= 4 is 17.0 Å². The van der Waals surface area contributed by atoms with Crippen LogP contribution >= 0.6 is 0 Å². The fraction of sp³-hybridized carbons (Fsp3) is 0.533. The van der Waals surface area contributed by atoms with E-state index >= 15 is 0 Å². The zero-order valence-corrected chi connectivity index (χ0v) is 11.2. The molecular formula is C15H20N4. The summed E-state index contributed by atoms with van der Waals surface area (Å²) in [5.74, 6) is 1.60. The summed E-state index contributed by atoms with van der Waals surface area (Å²) in [6.07, 6.45) is 8.22. The van der Waals surface area contributed by atoms with E-state index in [4.69, 9.17) is 0 Å². The van der Waals surface area contributed by atoms with Crippen LogP contribution in [0.1, 0.15) is 38.5 Å². The molecule has 19 heavy (non-hydrogen) atoms. The van der Waals surface area contributed by atoms with Gasteiger partial charge in [-0.1, -0.05) is 37.8 Å². The Morgan fingerprint density at radius 2 is 1.84 bits per heavy atom. The molecule has 1 aliphatic rings. The summed E-state index contributed by atoms with van der Waals surface area (Å²) in [6, 6.07) is 7.82. The lowest BCUT2D eigenvalue weighted by atomic mass is 10.0. The zero-order chi connectivity index (χ0) is 12.9. The van der Waals surface area contributed by atoms with Gasteiger partial charge in [0.15, 0.2) is 0 Å². The Morgan fingerprint density at radius 3 is 2.68 bits per heavy atom. The van der Waals surface area contributed by atoms with Gasteiger partial charge in [-0.15, -0.1) is 10.2 Å². The first-order valence-electron chi connectivity index (χ1n) is 7.25. The maximum atomic E-state index is 4.46. The monoisotopic (exact) mass is 256 g/mol. The Balaban J connectivity index is 1.50. The minimum Gasteiger partial charge on any atom is -0.353 e. The number of hydrogen-bond donors (Lipinski definition) is 1. The lowest BCUT2D eigenvalue weighted by Gasteiger charge is -2.09. The van der Waals surface area contributed by atoms with Crippen molar-refractivity contribution in [2.24, 2.45) is 5.92 Å². The highest BCUT2D eigenvalue weighted by atomic mass is 15.2. The van der Waals surface area contributed by atoms with E-state index in [1.165, 1.54) is 38.5 Å².